The van der Waals surface area contributed by atoms with E-state index in [0.29, 0.717) is 17.3 Å². The highest BCUT2D eigenvalue weighted by atomic mass is 16.5. The lowest BCUT2D eigenvalue weighted by Crippen LogP contribution is -2.42. The molecular weight excluding hydrogens is 256 g/mol. The van der Waals surface area contributed by atoms with Crippen molar-refractivity contribution in [1.82, 2.24) is 15.1 Å². The summed E-state index contributed by atoms with van der Waals surface area (Å²) in [6.07, 6.45) is 4.21. The fourth-order valence-corrected chi connectivity index (χ4v) is 3.02. The third-order valence-corrected chi connectivity index (χ3v) is 4.25. The van der Waals surface area contributed by atoms with E-state index < -0.39 is 0 Å². The molecule has 6 heteroatoms. The second-order valence-corrected chi connectivity index (χ2v) is 5.73. The van der Waals surface area contributed by atoms with Crippen LogP contribution in [0.3, 0.4) is 0 Å². The molecule has 3 rings (SSSR count). The van der Waals surface area contributed by atoms with Gasteiger partial charge in [-0.1, -0.05) is 6.92 Å². The third kappa shape index (κ3) is 2.28. The van der Waals surface area contributed by atoms with Gasteiger partial charge < -0.3 is 15.8 Å². The largest absolute Gasteiger partial charge is 0.395 e. The number of aryl methyl sites for hydroxylation is 2. The number of rotatable bonds is 4. The molecule has 0 radical (unpaired) electrons. The summed E-state index contributed by atoms with van der Waals surface area (Å²) in [5.41, 5.74) is 7.75. The second-order valence-electron chi connectivity index (χ2n) is 5.73. The number of nitrogen functional groups attached to an aromatic ring is 1. The molecule has 1 aromatic rings. The van der Waals surface area contributed by atoms with Crippen LogP contribution in [0, 0.1) is 5.92 Å². The number of amides is 1. The second kappa shape index (κ2) is 5.09. The minimum absolute atomic E-state index is 0.106. The topological polar surface area (TPSA) is 82.2 Å². The highest BCUT2D eigenvalue weighted by Gasteiger charge is 2.41. The molecule has 1 saturated carbocycles. The minimum atomic E-state index is -0.140. The predicted octanol–water partition coefficient (Wildman–Crippen LogP) is 0.862. The Morgan fingerprint density at radius 3 is 2.85 bits per heavy atom. The summed E-state index contributed by atoms with van der Waals surface area (Å²) in [4.78, 5) is 12.5. The van der Waals surface area contributed by atoms with E-state index in [4.69, 9.17) is 10.5 Å². The van der Waals surface area contributed by atoms with E-state index in [2.05, 4.69) is 10.4 Å². The summed E-state index contributed by atoms with van der Waals surface area (Å²) in [7, 11) is 1.76. The highest BCUT2D eigenvalue weighted by molar-refractivity contribution is 5.98. The first-order valence-corrected chi connectivity index (χ1v) is 7.35. The van der Waals surface area contributed by atoms with Crippen molar-refractivity contribution in [2.75, 3.05) is 12.3 Å². The van der Waals surface area contributed by atoms with Gasteiger partial charge in [0.2, 0.25) is 0 Å². The number of nitrogens with one attached hydrogen (secondary N) is 1. The minimum Gasteiger partial charge on any atom is -0.395 e. The molecule has 1 amide bonds. The zero-order valence-electron chi connectivity index (χ0n) is 12.1. The van der Waals surface area contributed by atoms with Crippen LogP contribution in [0.15, 0.2) is 0 Å². The quantitative estimate of drug-likeness (QED) is 0.856. The molecular formula is C14H22N4O2. The number of ether oxygens (including phenoxy) is 1. The van der Waals surface area contributed by atoms with E-state index in [0.717, 1.165) is 25.1 Å². The van der Waals surface area contributed by atoms with Gasteiger partial charge >= 0.3 is 0 Å². The van der Waals surface area contributed by atoms with Crippen molar-refractivity contribution in [3.63, 3.8) is 0 Å². The Kier molecular flexibility index (Phi) is 3.41. The Morgan fingerprint density at radius 2 is 2.25 bits per heavy atom. The Bertz CT molecular complexity index is 521. The molecule has 2 aliphatic rings. The smallest absolute Gasteiger partial charge is 0.272 e. The monoisotopic (exact) mass is 278 g/mol. The van der Waals surface area contributed by atoms with Gasteiger partial charge in [0, 0.05) is 13.7 Å². The van der Waals surface area contributed by atoms with Gasteiger partial charge in [-0.05, 0) is 31.6 Å². The summed E-state index contributed by atoms with van der Waals surface area (Å²) < 4.78 is 7.32. The van der Waals surface area contributed by atoms with Crippen LogP contribution in [0.1, 0.15) is 42.4 Å². The Labute approximate surface area is 118 Å². The lowest BCUT2D eigenvalue weighted by Gasteiger charge is -2.19. The summed E-state index contributed by atoms with van der Waals surface area (Å²) in [5, 5.41) is 7.37. The van der Waals surface area contributed by atoms with Gasteiger partial charge in [0.15, 0.2) is 0 Å². The first-order chi connectivity index (χ1) is 9.61. The molecule has 2 heterocycles. The molecule has 0 aromatic carbocycles. The average Bonchev–Trinajstić information content (AvgIpc) is 3.09. The van der Waals surface area contributed by atoms with Crippen LogP contribution in [0.5, 0.6) is 0 Å². The van der Waals surface area contributed by atoms with Crippen molar-refractivity contribution in [1.29, 1.82) is 0 Å². The number of hydrogen-bond donors (Lipinski definition) is 2. The van der Waals surface area contributed by atoms with Gasteiger partial charge in [-0.3, -0.25) is 9.48 Å². The van der Waals surface area contributed by atoms with Gasteiger partial charge in [0.25, 0.3) is 5.91 Å². The van der Waals surface area contributed by atoms with Crippen LogP contribution in [-0.4, -0.2) is 34.4 Å². The van der Waals surface area contributed by atoms with Crippen LogP contribution in [0.25, 0.3) is 0 Å². The number of anilines is 1. The molecule has 1 aromatic heterocycles. The van der Waals surface area contributed by atoms with Gasteiger partial charge in [-0.15, -0.1) is 0 Å². The molecule has 3 N–H and O–H groups in total. The van der Waals surface area contributed by atoms with Crippen molar-refractivity contribution < 1.29 is 9.53 Å². The van der Waals surface area contributed by atoms with Crippen LogP contribution >= 0.6 is 0 Å². The molecule has 110 valence electrons. The van der Waals surface area contributed by atoms with Crippen molar-refractivity contribution in [2.24, 2.45) is 13.0 Å². The molecule has 1 saturated heterocycles. The Morgan fingerprint density at radius 1 is 1.50 bits per heavy atom. The first kappa shape index (κ1) is 13.4. The third-order valence-electron chi connectivity index (χ3n) is 4.25. The molecule has 6 nitrogen and oxygen atoms in total. The normalized spacial score (nSPS) is 25.9. The molecule has 0 bridgehead atoms. The van der Waals surface area contributed by atoms with Crippen molar-refractivity contribution in [2.45, 2.75) is 44.8 Å². The van der Waals surface area contributed by atoms with Gasteiger partial charge in [0.05, 0.1) is 23.5 Å². The van der Waals surface area contributed by atoms with Crippen LogP contribution in [0.2, 0.25) is 0 Å². The zero-order valence-corrected chi connectivity index (χ0v) is 12.1. The number of nitrogens with zero attached hydrogens (tertiary/aromatic N) is 2. The van der Waals surface area contributed by atoms with Crippen LogP contribution in [0.4, 0.5) is 5.69 Å². The fourth-order valence-electron chi connectivity index (χ4n) is 3.02. The number of nitrogens with two attached hydrogens (primary N) is 1. The zero-order chi connectivity index (χ0) is 14.3. The predicted molar refractivity (Wildman–Crippen MR) is 75.3 cm³/mol. The highest BCUT2D eigenvalue weighted by Crippen LogP contribution is 2.38. The molecule has 1 aliphatic heterocycles. The maximum atomic E-state index is 12.5. The molecule has 2 fully saturated rings. The van der Waals surface area contributed by atoms with E-state index in [9.17, 15) is 4.79 Å². The summed E-state index contributed by atoms with van der Waals surface area (Å²) >= 11 is 0. The number of carbonyl (C=O) groups is 1. The molecule has 1 aliphatic carbocycles. The molecule has 2 atom stereocenters. The summed E-state index contributed by atoms with van der Waals surface area (Å²) in [5.74, 6) is 0.483. The fraction of sp³-hybridized carbons (Fsp3) is 0.714. The standard InChI is InChI=1S/C14H22N4O2/c1-3-9-11(15)12(18(2)17-9)14(19)16-10-6-7-20-13(10)8-4-5-8/h8,10,13H,3-7,15H2,1-2H3,(H,16,19). The number of aromatic nitrogens is 2. The number of carbonyl (C=O) groups excluding carboxylic acids is 1. The van der Waals surface area contributed by atoms with E-state index in [1.54, 1.807) is 11.7 Å². The lowest BCUT2D eigenvalue weighted by atomic mass is 10.1. The molecule has 2 unspecified atom stereocenters. The molecule has 0 spiro atoms. The van der Waals surface area contributed by atoms with E-state index >= 15 is 0 Å². The Hall–Kier alpha value is -1.56. The SMILES string of the molecule is CCc1nn(C)c(C(=O)NC2CCOC2C2CC2)c1N. The number of hydrogen-bond acceptors (Lipinski definition) is 4. The van der Waals surface area contributed by atoms with Gasteiger partial charge in [-0.2, -0.15) is 5.10 Å². The molecule has 20 heavy (non-hydrogen) atoms. The summed E-state index contributed by atoms with van der Waals surface area (Å²) in [6.45, 7) is 2.71. The summed E-state index contributed by atoms with van der Waals surface area (Å²) in [6, 6.07) is 0.106. The maximum Gasteiger partial charge on any atom is 0.272 e. The average molecular weight is 278 g/mol. The van der Waals surface area contributed by atoms with Crippen LogP contribution < -0.4 is 11.1 Å². The maximum absolute atomic E-state index is 12.5. The van der Waals surface area contributed by atoms with E-state index in [1.165, 1.54) is 12.8 Å². The van der Waals surface area contributed by atoms with Crippen molar-refractivity contribution in [3.8, 4) is 0 Å². The lowest BCUT2D eigenvalue weighted by molar-refractivity contribution is 0.0725. The Balaban J connectivity index is 1.74. The van der Waals surface area contributed by atoms with Gasteiger partial charge in [-0.25, -0.2) is 0 Å². The van der Waals surface area contributed by atoms with Crippen molar-refractivity contribution >= 4 is 11.6 Å². The first-order valence-electron chi connectivity index (χ1n) is 7.35. The van der Waals surface area contributed by atoms with Gasteiger partial charge in [0.1, 0.15) is 5.69 Å². The van der Waals surface area contributed by atoms with E-state index in [1.807, 2.05) is 6.92 Å². The van der Waals surface area contributed by atoms with Crippen LogP contribution in [-0.2, 0) is 18.2 Å². The van der Waals surface area contributed by atoms with E-state index in [-0.39, 0.29) is 18.1 Å². The van der Waals surface area contributed by atoms with Crippen molar-refractivity contribution in [3.05, 3.63) is 11.4 Å².